The van der Waals surface area contributed by atoms with E-state index in [4.69, 9.17) is 0 Å². The van der Waals surface area contributed by atoms with Crippen molar-refractivity contribution in [2.24, 2.45) is 0 Å². The maximum Gasteiger partial charge on any atom is 0.185 e. The van der Waals surface area contributed by atoms with Crippen LogP contribution in [0.4, 0.5) is 0 Å². The van der Waals surface area contributed by atoms with Crippen molar-refractivity contribution < 1.29 is 19.8 Å². The Morgan fingerprint density at radius 1 is 0.906 bits per heavy atom. The number of ketones is 2. The molecule has 0 bridgehead atoms. The molecule has 4 heteroatoms. The summed E-state index contributed by atoms with van der Waals surface area (Å²) in [5.74, 6) is -0.0901. The summed E-state index contributed by atoms with van der Waals surface area (Å²) in [6.45, 7) is 11.4. The predicted molar refractivity (Wildman–Crippen MR) is 132 cm³/mol. The fourth-order valence-corrected chi connectivity index (χ4v) is 3.40. The molecule has 0 amide bonds. The van der Waals surface area contributed by atoms with E-state index in [0.29, 0.717) is 35.1 Å². The van der Waals surface area contributed by atoms with Gasteiger partial charge < -0.3 is 10.2 Å². The van der Waals surface area contributed by atoms with E-state index < -0.39 is 6.10 Å². The fraction of sp³-hybridized carbons (Fsp3) is 0.500. The molecule has 2 N–H and O–H groups in total. The summed E-state index contributed by atoms with van der Waals surface area (Å²) in [5, 5.41) is 19.7. The summed E-state index contributed by atoms with van der Waals surface area (Å²) in [7, 11) is 0. The van der Waals surface area contributed by atoms with Crippen molar-refractivity contribution in [1.29, 1.82) is 0 Å². The van der Waals surface area contributed by atoms with Gasteiger partial charge in [-0.1, -0.05) is 41.0 Å². The Kier molecular flexibility index (Phi) is 12.1. The summed E-state index contributed by atoms with van der Waals surface area (Å²) >= 11 is 0. The summed E-state index contributed by atoms with van der Waals surface area (Å²) < 4.78 is 0. The van der Waals surface area contributed by atoms with Crippen LogP contribution >= 0.6 is 0 Å². The third-order valence-corrected chi connectivity index (χ3v) is 5.88. The molecule has 4 nitrogen and oxygen atoms in total. The Morgan fingerprint density at radius 3 is 2.09 bits per heavy atom. The second-order valence-electron chi connectivity index (χ2n) is 8.97. The first-order valence-electron chi connectivity index (χ1n) is 11.5. The van der Waals surface area contributed by atoms with Gasteiger partial charge in [-0.2, -0.15) is 0 Å². The van der Waals surface area contributed by atoms with Crippen LogP contribution in [0.2, 0.25) is 0 Å². The van der Waals surface area contributed by atoms with Crippen LogP contribution in [0.15, 0.2) is 69.4 Å². The van der Waals surface area contributed by atoms with Gasteiger partial charge in [-0.15, -0.1) is 0 Å². The highest BCUT2D eigenvalue weighted by Crippen LogP contribution is 2.22. The molecule has 0 aliphatic heterocycles. The first-order valence-corrected chi connectivity index (χ1v) is 11.5. The molecule has 1 aliphatic carbocycles. The standard InChI is InChI=1S/C28H40O4/c1-19(2)13-16-26(30)25(18-29)12-8-11-20(3)9-7-10-21(4)14-15-24-17-27(31)22(5)23(6)28(24)32/h9,12-14,17,26,29-30H,7-8,10-11,15-16,18H2,1-6H3/b20-9+,21-14+,25-12+. The molecular weight excluding hydrogens is 400 g/mol. The average molecular weight is 441 g/mol. The summed E-state index contributed by atoms with van der Waals surface area (Å²) in [6.07, 6.45) is 13.5. The van der Waals surface area contributed by atoms with Crippen LogP contribution in [0, 0.1) is 0 Å². The highest BCUT2D eigenvalue weighted by atomic mass is 16.3. The number of allylic oxidation sites excluding steroid dienone is 10. The van der Waals surface area contributed by atoms with E-state index in [9.17, 15) is 19.8 Å². The van der Waals surface area contributed by atoms with Gasteiger partial charge in [0.2, 0.25) is 0 Å². The van der Waals surface area contributed by atoms with Gasteiger partial charge in [0.15, 0.2) is 11.6 Å². The molecule has 1 aliphatic rings. The summed E-state index contributed by atoms with van der Waals surface area (Å²) in [6, 6.07) is 0. The van der Waals surface area contributed by atoms with E-state index in [1.165, 1.54) is 17.2 Å². The lowest BCUT2D eigenvalue weighted by Crippen LogP contribution is -2.16. The van der Waals surface area contributed by atoms with Gasteiger partial charge in [0, 0.05) is 16.7 Å². The molecule has 32 heavy (non-hydrogen) atoms. The smallest absolute Gasteiger partial charge is 0.185 e. The lowest BCUT2D eigenvalue weighted by Gasteiger charge is -2.13. The molecule has 1 unspecified atom stereocenters. The van der Waals surface area contributed by atoms with E-state index in [1.807, 2.05) is 32.1 Å². The molecule has 0 saturated carbocycles. The highest BCUT2D eigenvalue weighted by molar-refractivity contribution is 6.22. The van der Waals surface area contributed by atoms with Gasteiger partial charge in [-0.05, 0) is 91.7 Å². The number of aliphatic hydroxyl groups excluding tert-OH is 2. The predicted octanol–water partition coefficient (Wildman–Crippen LogP) is 5.88. The van der Waals surface area contributed by atoms with Crippen LogP contribution in [-0.4, -0.2) is 34.5 Å². The summed E-state index contributed by atoms with van der Waals surface area (Å²) in [4.78, 5) is 24.3. The van der Waals surface area contributed by atoms with Crippen LogP contribution in [0.1, 0.15) is 80.1 Å². The van der Waals surface area contributed by atoms with Crippen molar-refractivity contribution in [2.75, 3.05) is 6.61 Å². The zero-order chi connectivity index (χ0) is 24.3. The van der Waals surface area contributed by atoms with Gasteiger partial charge in [-0.3, -0.25) is 9.59 Å². The molecule has 0 aromatic heterocycles. The first kappa shape index (κ1) is 27.7. The van der Waals surface area contributed by atoms with Crippen molar-refractivity contribution in [2.45, 2.75) is 86.2 Å². The Balaban J connectivity index is 2.49. The van der Waals surface area contributed by atoms with E-state index in [1.54, 1.807) is 13.8 Å². The third kappa shape index (κ3) is 9.46. The molecule has 0 spiro atoms. The third-order valence-electron chi connectivity index (χ3n) is 5.88. The van der Waals surface area contributed by atoms with Gasteiger partial charge in [0.1, 0.15) is 0 Å². The zero-order valence-electron chi connectivity index (χ0n) is 20.6. The number of aliphatic hydroxyl groups is 2. The van der Waals surface area contributed by atoms with Crippen LogP contribution in [-0.2, 0) is 9.59 Å². The number of hydrogen-bond acceptors (Lipinski definition) is 4. The van der Waals surface area contributed by atoms with Crippen LogP contribution in [0.3, 0.4) is 0 Å². The molecule has 0 fully saturated rings. The number of carbonyl (C=O) groups is 2. The minimum Gasteiger partial charge on any atom is -0.392 e. The number of carbonyl (C=O) groups excluding carboxylic acids is 2. The largest absolute Gasteiger partial charge is 0.392 e. The van der Waals surface area contributed by atoms with Crippen LogP contribution < -0.4 is 0 Å². The molecular formula is C28H40O4. The average Bonchev–Trinajstić information content (AvgIpc) is 2.75. The highest BCUT2D eigenvalue weighted by Gasteiger charge is 2.21. The zero-order valence-corrected chi connectivity index (χ0v) is 20.6. The van der Waals surface area contributed by atoms with E-state index in [0.717, 1.165) is 31.3 Å². The molecule has 0 aromatic carbocycles. The monoisotopic (exact) mass is 440 g/mol. The number of hydrogen-bond donors (Lipinski definition) is 2. The minimum atomic E-state index is -0.628. The fourth-order valence-electron chi connectivity index (χ4n) is 3.40. The van der Waals surface area contributed by atoms with Crippen molar-refractivity contribution >= 4 is 11.6 Å². The summed E-state index contributed by atoms with van der Waals surface area (Å²) in [5.41, 5.74) is 5.98. The lowest BCUT2D eigenvalue weighted by molar-refractivity contribution is -0.115. The van der Waals surface area contributed by atoms with Gasteiger partial charge >= 0.3 is 0 Å². The normalized spacial score (nSPS) is 17.0. The molecule has 0 heterocycles. The second-order valence-corrected chi connectivity index (χ2v) is 8.97. The maximum absolute atomic E-state index is 12.3. The van der Waals surface area contributed by atoms with Crippen LogP contribution in [0.25, 0.3) is 0 Å². The van der Waals surface area contributed by atoms with Crippen LogP contribution in [0.5, 0.6) is 0 Å². The Bertz CT molecular complexity index is 871. The Morgan fingerprint density at radius 2 is 1.50 bits per heavy atom. The Hall–Kier alpha value is -2.30. The molecule has 0 aromatic rings. The quantitative estimate of drug-likeness (QED) is 0.293. The van der Waals surface area contributed by atoms with Crippen molar-refractivity contribution in [1.82, 2.24) is 0 Å². The van der Waals surface area contributed by atoms with Crippen molar-refractivity contribution in [3.63, 3.8) is 0 Å². The molecule has 1 atom stereocenters. The molecule has 0 saturated heterocycles. The first-order chi connectivity index (χ1) is 15.1. The minimum absolute atomic E-state index is 0.0248. The lowest BCUT2D eigenvalue weighted by atomic mass is 9.89. The second kappa shape index (κ2) is 14.0. The van der Waals surface area contributed by atoms with E-state index in [-0.39, 0.29) is 18.2 Å². The molecule has 0 radical (unpaired) electrons. The SMILES string of the molecule is CC(C)=CCC(O)/C(=C/CC/C(C)=C/CC/C(C)=C/CC1=CC(=O)C(C)=C(C)C1=O)CO. The number of rotatable bonds is 12. The van der Waals surface area contributed by atoms with Gasteiger partial charge in [0.25, 0.3) is 0 Å². The van der Waals surface area contributed by atoms with Gasteiger partial charge in [-0.25, -0.2) is 0 Å². The van der Waals surface area contributed by atoms with E-state index in [2.05, 4.69) is 19.9 Å². The Labute approximate surface area is 193 Å². The topological polar surface area (TPSA) is 74.6 Å². The molecule has 176 valence electrons. The van der Waals surface area contributed by atoms with Gasteiger partial charge in [0.05, 0.1) is 12.7 Å². The molecule has 1 rings (SSSR count). The number of Topliss-reactive ketones (excluding diaryl/α,β-unsaturated/α-hetero) is 1. The van der Waals surface area contributed by atoms with Crippen molar-refractivity contribution in [3.8, 4) is 0 Å². The van der Waals surface area contributed by atoms with Crippen molar-refractivity contribution in [3.05, 3.63) is 69.4 Å². The van der Waals surface area contributed by atoms with E-state index >= 15 is 0 Å². The maximum atomic E-state index is 12.3.